The fourth-order valence-corrected chi connectivity index (χ4v) is 7.03. The molecule has 7 nitrogen and oxygen atoms in total. The number of para-hydroxylation sites is 1. The number of nitrogens with zero attached hydrogens (tertiary/aromatic N) is 1. The maximum atomic E-state index is 13.9. The first-order chi connectivity index (χ1) is 19.7. The molecule has 0 bridgehead atoms. The molecule has 0 unspecified atom stereocenters. The van der Waals surface area contributed by atoms with Crippen LogP contribution in [0.2, 0.25) is 0 Å². The maximum Gasteiger partial charge on any atom is 0.259 e. The van der Waals surface area contributed by atoms with Crippen molar-refractivity contribution in [3.63, 3.8) is 0 Å². The van der Waals surface area contributed by atoms with Crippen LogP contribution in [-0.2, 0) is 22.8 Å². The Labute approximate surface area is 238 Å². The van der Waals surface area contributed by atoms with E-state index < -0.39 is 15.7 Å². The van der Waals surface area contributed by atoms with Crippen LogP contribution in [0, 0.1) is 13.8 Å². The number of hydrogen-bond donors (Lipinski definition) is 2. The van der Waals surface area contributed by atoms with Crippen molar-refractivity contribution in [1.29, 1.82) is 0 Å². The summed E-state index contributed by atoms with van der Waals surface area (Å²) < 4.78 is 27.6. The molecule has 6 rings (SSSR count). The summed E-state index contributed by atoms with van der Waals surface area (Å²) in [4.78, 5) is 31.9. The Kier molecular flexibility index (Phi) is 6.71. The molecule has 4 aromatic carbocycles. The minimum Gasteiger partial charge on any atom is -0.361 e. The van der Waals surface area contributed by atoms with Crippen LogP contribution >= 0.6 is 0 Å². The second-order valence-corrected chi connectivity index (χ2v) is 12.3. The lowest BCUT2D eigenvalue weighted by atomic mass is 10.0. The second kappa shape index (κ2) is 10.4. The van der Waals surface area contributed by atoms with Crippen molar-refractivity contribution < 1.29 is 18.0 Å². The Hall–Kier alpha value is -4.69. The number of carbonyl (C=O) groups excluding carboxylic acids is 2. The number of amides is 2. The van der Waals surface area contributed by atoms with Gasteiger partial charge >= 0.3 is 0 Å². The van der Waals surface area contributed by atoms with Crippen LogP contribution in [0.15, 0.2) is 101 Å². The van der Waals surface area contributed by atoms with E-state index in [1.165, 1.54) is 35.2 Å². The van der Waals surface area contributed by atoms with Crippen molar-refractivity contribution in [3.8, 4) is 0 Å². The molecule has 206 valence electrons. The summed E-state index contributed by atoms with van der Waals surface area (Å²) in [6.07, 6.45) is 2.57. The van der Waals surface area contributed by atoms with Crippen LogP contribution in [0.4, 0.5) is 5.69 Å². The minimum atomic E-state index is -4.02. The maximum absolute atomic E-state index is 13.9. The van der Waals surface area contributed by atoms with Gasteiger partial charge in [-0.2, -0.15) is 0 Å². The van der Waals surface area contributed by atoms with E-state index in [0.717, 1.165) is 33.2 Å². The first-order valence-electron chi connectivity index (χ1n) is 13.4. The molecule has 1 aliphatic rings. The number of fused-ring (bicyclic) bond motifs is 3. The van der Waals surface area contributed by atoms with E-state index >= 15 is 0 Å². The van der Waals surface area contributed by atoms with Crippen LogP contribution in [0.25, 0.3) is 10.9 Å². The fourth-order valence-electron chi connectivity index (χ4n) is 5.40. The molecular weight excluding hydrogens is 534 g/mol. The van der Waals surface area contributed by atoms with Crippen LogP contribution < -0.4 is 10.2 Å². The lowest BCUT2D eigenvalue weighted by Gasteiger charge is -2.24. The summed E-state index contributed by atoms with van der Waals surface area (Å²) >= 11 is 0. The third-order valence-corrected chi connectivity index (χ3v) is 9.50. The highest BCUT2D eigenvalue weighted by Gasteiger charge is 2.36. The van der Waals surface area contributed by atoms with Gasteiger partial charge in [0.1, 0.15) is 0 Å². The summed E-state index contributed by atoms with van der Waals surface area (Å²) in [6, 6.07) is 24.7. The van der Waals surface area contributed by atoms with Crippen LogP contribution in [0.1, 0.15) is 43.0 Å². The van der Waals surface area contributed by atoms with Crippen LogP contribution in [0.3, 0.4) is 0 Å². The Balaban J connectivity index is 1.36. The summed E-state index contributed by atoms with van der Waals surface area (Å²) in [5.74, 6) is -0.772. The highest BCUT2D eigenvalue weighted by atomic mass is 32.2. The predicted octanol–water partition coefficient (Wildman–Crippen LogP) is 5.75. The summed E-state index contributed by atoms with van der Waals surface area (Å²) in [5.41, 5.74) is 5.63. The Morgan fingerprint density at radius 3 is 2.51 bits per heavy atom. The Bertz CT molecular complexity index is 1940. The quantitative estimate of drug-likeness (QED) is 0.275. The smallest absolute Gasteiger partial charge is 0.259 e. The number of nitrogens with one attached hydrogen (secondary N) is 2. The van der Waals surface area contributed by atoms with Gasteiger partial charge in [-0.05, 0) is 73.4 Å². The molecule has 2 N–H and O–H groups in total. The molecule has 0 saturated carbocycles. The standard InChI is InChI=1S/C33H29N3O4S/c1-21-11-12-22(2)25(17-21)20-36-29-18-23(32(37)34-16-15-24-19-35-28-9-5-3-7-26(24)28)13-14-31(29)41(39,40)30-10-6-4-8-27(30)33(36)38/h3-14,17-19,35H,15-16,20H2,1-2H3,(H,34,37). The van der Waals surface area contributed by atoms with Gasteiger partial charge in [0.2, 0.25) is 9.84 Å². The van der Waals surface area contributed by atoms with E-state index in [1.807, 2.05) is 62.5 Å². The molecule has 0 aliphatic carbocycles. The number of H-pyrrole nitrogens is 1. The topological polar surface area (TPSA) is 99.3 Å². The van der Waals surface area contributed by atoms with Crippen LogP contribution in [0.5, 0.6) is 0 Å². The van der Waals surface area contributed by atoms with Crippen molar-refractivity contribution in [1.82, 2.24) is 10.3 Å². The zero-order valence-electron chi connectivity index (χ0n) is 22.8. The van der Waals surface area contributed by atoms with Gasteiger partial charge in [-0.1, -0.05) is 54.1 Å². The predicted molar refractivity (Wildman–Crippen MR) is 159 cm³/mol. The zero-order chi connectivity index (χ0) is 28.7. The fraction of sp³-hybridized carbons (Fsp3) is 0.152. The third kappa shape index (κ3) is 4.80. The minimum absolute atomic E-state index is 0.00329. The van der Waals surface area contributed by atoms with Gasteiger partial charge < -0.3 is 15.2 Å². The summed E-state index contributed by atoms with van der Waals surface area (Å²) in [7, 11) is -4.02. The average Bonchev–Trinajstić information content (AvgIpc) is 3.37. The van der Waals surface area contributed by atoms with Crippen molar-refractivity contribution in [2.45, 2.75) is 36.6 Å². The number of benzene rings is 4. The lowest BCUT2D eigenvalue weighted by molar-refractivity contribution is 0.0950. The molecule has 2 amide bonds. The number of aryl methyl sites for hydroxylation is 2. The summed E-state index contributed by atoms with van der Waals surface area (Å²) in [5, 5.41) is 4.06. The monoisotopic (exact) mass is 563 g/mol. The van der Waals surface area contributed by atoms with Crippen molar-refractivity contribution in [3.05, 3.63) is 125 Å². The van der Waals surface area contributed by atoms with E-state index in [2.05, 4.69) is 10.3 Å². The molecule has 1 aromatic heterocycles. The number of aromatic nitrogens is 1. The van der Waals surface area contributed by atoms with E-state index in [9.17, 15) is 18.0 Å². The van der Waals surface area contributed by atoms with Gasteiger partial charge in [0.25, 0.3) is 11.8 Å². The van der Waals surface area contributed by atoms with Crippen molar-refractivity contribution in [2.24, 2.45) is 0 Å². The zero-order valence-corrected chi connectivity index (χ0v) is 23.6. The van der Waals surface area contributed by atoms with Crippen molar-refractivity contribution in [2.75, 3.05) is 11.4 Å². The number of sulfone groups is 1. The Morgan fingerprint density at radius 2 is 1.66 bits per heavy atom. The van der Waals surface area contributed by atoms with Gasteiger partial charge in [-0.15, -0.1) is 0 Å². The van der Waals surface area contributed by atoms with E-state index in [4.69, 9.17) is 0 Å². The molecule has 0 fully saturated rings. The molecule has 0 saturated heterocycles. The number of rotatable bonds is 6. The molecule has 5 aromatic rings. The Morgan fingerprint density at radius 1 is 0.878 bits per heavy atom. The molecular formula is C33H29N3O4S. The molecule has 0 spiro atoms. The first-order valence-corrected chi connectivity index (χ1v) is 14.9. The SMILES string of the molecule is Cc1ccc(C)c(CN2C(=O)c3ccccc3S(=O)(=O)c3ccc(C(=O)NCCc4c[nH]c5ccccc45)cc32)c1. The largest absolute Gasteiger partial charge is 0.361 e. The number of anilines is 1. The number of carbonyl (C=O) groups is 2. The van der Waals surface area contributed by atoms with Gasteiger partial charge in [-0.3, -0.25) is 9.59 Å². The molecule has 2 heterocycles. The second-order valence-electron chi connectivity index (χ2n) is 10.4. The molecule has 0 radical (unpaired) electrons. The molecule has 1 aliphatic heterocycles. The van der Waals surface area contributed by atoms with Crippen LogP contribution in [-0.4, -0.2) is 31.8 Å². The van der Waals surface area contributed by atoms with Gasteiger partial charge in [0.15, 0.2) is 0 Å². The first kappa shape index (κ1) is 26.5. The normalized spacial score (nSPS) is 13.9. The lowest BCUT2D eigenvalue weighted by Crippen LogP contribution is -2.31. The van der Waals surface area contributed by atoms with E-state index in [0.29, 0.717) is 13.0 Å². The van der Waals surface area contributed by atoms with Crippen molar-refractivity contribution >= 4 is 38.2 Å². The number of aromatic amines is 1. The molecule has 8 heteroatoms. The summed E-state index contributed by atoms with van der Waals surface area (Å²) in [6.45, 7) is 4.49. The van der Waals surface area contributed by atoms with Gasteiger partial charge in [-0.25, -0.2) is 8.42 Å². The van der Waals surface area contributed by atoms with Gasteiger partial charge in [0, 0.05) is 29.2 Å². The molecule has 0 atom stereocenters. The molecule has 41 heavy (non-hydrogen) atoms. The van der Waals surface area contributed by atoms with Gasteiger partial charge in [0.05, 0.1) is 27.6 Å². The highest BCUT2D eigenvalue weighted by Crippen LogP contribution is 2.38. The highest BCUT2D eigenvalue weighted by molar-refractivity contribution is 7.91. The van der Waals surface area contributed by atoms with E-state index in [-0.39, 0.29) is 39.1 Å². The average molecular weight is 564 g/mol. The van der Waals surface area contributed by atoms with E-state index in [1.54, 1.807) is 12.1 Å². The number of hydrogen-bond acceptors (Lipinski definition) is 4. The third-order valence-electron chi connectivity index (χ3n) is 7.64.